The summed E-state index contributed by atoms with van der Waals surface area (Å²) in [6.07, 6.45) is 6.72. The molecular formula is C93H88FN19O8S2. The van der Waals surface area contributed by atoms with E-state index in [1.165, 1.54) is 26.8 Å². The summed E-state index contributed by atoms with van der Waals surface area (Å²) < 4.78 is 70.3. The molecule has 0 radical (unpaired) electrons. The minimum absolute atomic E-state index is 0.0665. The number of anilines is 12. The maximum Gasteiger partial charge on any atom is 0.253 e. The number of nitrogens with zero attached hydrogens (tertiary/aromatic N) is 13. The van der Waals surface area contributed by atoms with Gasteiger partial charge in [0.15, 0.2) is 0 Å². The molecule has 17 rings (SSSR count). The molecule has 0 atom stereocenters. The smallest absolute Gasteiger partial charge is 0.253 e. The highest BCUT2D eigenvalue weighted by Gasteiger charge is 2.32. The quantitative estimate of drug-likeness (QED) is 0.0413. The number of para-hydroxylation sites is 1. The van der Waals surface area contributed by atoms with Crippen LogP contribution in [0.2, 0.25) is 0 Å². The Morgan fingerprint density at radius 3 is 1.15 bits per heavy atom. The van der Waals surface area contributed by atoms with Crippen LogP contribution in [0.3, 0.4) is 0 Å². The third-order valence-electron chi connectivity index (χ3n) is 21.0. The molecule has 622 valence electrons. The summed E-state index contributed by atoms with van der Waals surface area (Å²) in [6.45, 7) is 12.7. The number of amides is 4. The van der Waals surface area contributed by atoms with E-state index in [2.05, 4.69) is 81.5 Å². The Balaban J connectivity index is 0.000000143. The zero-order chi connectivity index (χ0) is 85.6. The van der Waals surface area contributed by atoms with Gasteiger partial charge in [-0.05, 0) is 193 Å². The monoisotopic (exact) mass is 1680 g/mol. The summed E-state index contributed by atoms with van der Waals surface area (Å²) in [5.74, 6) is 0.700. The fourth-order valence-corrected chi connectivity index (χ4v) is 17.6. The molecule has 0 bridgehead atoms. The van der Waals surface area contributed by atoms with E-state index in [4.69, 9.17) is 0 Å². The molecule has 10 aromatic carbocycles. The topological polar surface area (TPSA) is 318 Å². The lowest BCUT2D eigenvalue weighted by molar-refractivity contribution is -0.115. The van der Waals surface area contributed by atoms with Gasteiger partial charge >= 0.3 is 0 Å². The Kier molecular flexibility index (Phi) is 25.7. The second-order valence-corrected chi connectivity index (χ2v) is 33.3. The molecule has 14 aromatic rings. The number of halogens is 1. The molecule has 4 amide bonds. The molecule has 6 N–H and O–H groups in total. The van der Waals surface area contributed by atoms with Gasteiger partial charge in [-0.3, -0.25) is 24.2 Å². The molecule has 27 nitrogen and oxygen atoms in total. The zero-order valence-corrected chi connectivity index (χ0v) is 69.5. The van der Waals surface area contributed by atoms with Crippen molar-refractivity contribution >= 4 is 134 Å². The van der Waals surface area contributed by atoms with Crippen molar-refractivity contribution in [1.29, 1.82) is 0 Å². The normalized spacial score (nSPS) is 13.8. The van der Waals surface area contributed by atoms with Gasteiger partial charge < -0.3 is 51.5 Å². The Hall–Kier alpha value is -14.5. The van der Waals surface area contributed by atoms with Gasteiger partial charge in [-0.2, -0.15) is 8.61 Å². The number of benzene rings is 10. The van der Waals surface area contributed by atoms with Gasteiger partial charge in [-0.1, -0.05) is 84.9 Å². The average Bonchev–Trinajstić information content (AvgIpc) is 0.779. The Labute approximate surface area is 711 Å². The highest BCUT2D eigenvalue weighted by Crippen LogP contribution is 2.33. The molecule has 0 spiro atoms. The van der Waals surface area contributed by atoms with Crippen LogP contribution in [-0.4, -0.2) is 167 Å². The van der Waals surface area contributed by atoms with Crippen LogP contribution in [0.4, 0.5) is 73.4 Å². The number of nitrogens with one attached hydrogen (secondary N) is 6. The van der Waals surface area contributed by atoms with E-state index in [1.807, 2.05) is 211 Å². The number of piperazine rings is 3. The fourth-order valence-electron chi connectivity index (χ4n) is 14.6. The number of rotatable bonds is 20. The van der Waals surface area contributed by atoms with Crippen molar-refractivity contribution in [1.82, 2.24) is 48.4 Å². The number of aromatic nitrogens is 7. The number of carbonyl (C=O) groups excluding carboxylic acids is 4. The third-order valence-corrected chi connectivity index (χ3v) is 24.8. The maximum atomic E-state index is 13.6. The lowest BCUT2D eigenvalue weighted by Gasteiger charge is -2.36. The summed E-state index contributed by atoms with van der Waals surface area (Å²) in [6, 6.07) is 78.4. The van der Waals surface area contributed by atoms with E-state index in [0.717, 1.165) is 101 Å². The van der Waals surface area contributed by atoms with Crippen molar-refractivity contribution in [2.45, 2.75) is 37.5 Å². The van der Waals surface area contributed by atoms with Crippen LogP contribution in [0.1, 0.15) is 36.7 Å². The summed E-state index contributed by atoms with van der Waals surface area (Å²) in [5, 5.41) is 20.8. The summed E-state index contributed by atoms with van der Waals surface area (Å²) >= 11 is 0. The number of hydrogen-bond acceptors (Lipinski definition) is 21. The van der Waals surface area contributed by atoms with Crippen LogP contribution in [0.25, 0.3) is 55.4 Å². The maximum absolute atomic E-state index is 13.6. The Morgan fingerprint density at radius 1 is 0.350 bits per heavy atom. The van der Waals surface area contributed by atoms with E-state index in [9.17, 15) is 40.4 Å². The largest absolute Gasteiger partial charge is 0.369 e. The van der Waals surface area contributed by atoms with Crippen molar-refractivity contribution in [2.24, 2.45) is 0 Å². The molecule has 0 unspecified atom stereocenters. The van der Waals surface area contributed by atoms with E-state index in [1.54, 1.807) is 82.8 Å². The SMILES string of the molecule is CC(=O)Nc1ccc(-c2ccnc(Nc3ccc(N4CCN(C(=O)c5ccc(F)c(C)c5)CC4)cc3)n2)cc1.CC(=O)Nc1ccc(-c2ccnc(Nc3ccc(N4CCN(S(=O)(=O)c5ccc6ccccc6c5)CC4)cc3)n2)cc1.CC(=O)Nc1ccc(-c2ccnc(Nc3ccc(N4CCN(S(=O)(=O)c5cccc6cccnc56)CC4)cc3)n2)cc1. The number of fused-ring (bicyclic) bond motifs is 2. The lowest BCUT2D eigenvalue weighted by atomic mass is 10.1. The molecule has 123 heavy (non-hydrogen) atoms. The van der Waals surface area contributed by atoms with Crippen molar-refractivity contribution in [3.8, 4) is 33.8 Å². The van der Waals surface area contributed by atoms with E-state index < -0.39 is 20.0 Å². The van der Waals surface area contributed by atoms with Gasteiger partial charge in [-0.25, -0.2) is 51.1 Å². The second kappa shape index (κ2) is 37.9. The Morgan fingerprint density at radius 2 is 0.732 bits per heavy atom. The molecule has 0 saturated carbocycles. The molecule has 0 aliphatic carbocycles. The predicted octanol–water partition coefficient (Wildman–Crippen LogP) is 15.7. The van der Waals surface area contributed by atoms with Gasteiger partial charge in [0.25, 0.3) is 5.91 Å². The van der Waals surface area contributed by atoms with Crippen LogP contribution in [0.5, 0.6) is 0 Å². The van der Waals surface area contributed by atoms with Crippen LogP contribution < -0.4 is 46.6 Å². The highest BCUT2D eigenvalue weighted by molar-refractivity contribution is 7.89. The van der Waals surface area contributed by atoms with Gasteiger partial charge in [0.2, 0.25) is 55.6 Å². The molecule has 3 fully saturated rings. The first kappa shape index (κ1) is 83.6. The van der Waals surface area contributed by atoms with Gasteiger partial charge in [0.1, 0.15) is 10.7 Å². The van der Waals surface area contributed by atoms with Crippen molar-refractivity contribution in [2.75, 3.05) is 125 Å². The minimum atomic E-state index is -3.66. The van der Waals surface area contributed by atoms with Gasteiger partial charge in [-0.15, -0.1) is 0 Å². The molecular weight excluding hydrogens is 1590 g/mol. The average molecular weight is 1680 g/mol. The van der Waals surface area contributed by atoms with Crippen LogP contribution in [-0.2, 0) is 34.4 Å². The van der Waals surface area contributed by atoms with Crippen molar-refractivity contribution in [3.05, 3.63) is 297 Å². The van der Waals surface area contributed by atoms with Crippen molar-refractivity contribution in [3.63, 3.8) is 0 Å². The van der Waals surface area contributed by atoms with Crippen LogP contribution in [0, 0.1) is 12.7 Å². The lowest BCUT2D eigenvalue weighted by Crippen LogP contribution is -2.48. The summed E-state index contributed by atoms with van der Waals surface area (Å²) in [5.41, 5.74) is 14.3. The zero-order valence-electron chi connectivity index (χ0n) is 67.8. The fraction of sp³-hybridized carbons (Fsp3) is 0.172. The molecule has 7 heterocycles. The molecule has 3 aliphatic rings. The van der Waals surface area contributed by atoms with E-state index >= 15 is 0 Å². The number of sulfonamides is 2. The summed E-state index contributed by atoms with van der Waals surface area (Å²) in [7, 11) is -7.23. The van der Waals surface area contributed by atoms with Crippen LogP contribution >= 0.6 is 0 Å². The molecule has 4 aromatic heterocycles. The standard InChI is InChI=1S/C32H30N6O3S.C31H29N7O3S.C30H29FN6O2/c1-23(39)34-27-9-6-25(7-10-27)31-16-17-33-32(36-31)35-28-11-13-29(14-12-28)37-18-20-38(21-19-37)42(40,41)30-15-8-24-4-2-3-5-26(24)22-30;1-22(39)34-25-9-7-23(8-10-25)28-15-17-33-31(36-28)35-26-11-13-27(14-12-26)37-18-20-38(21-19-37)42(40,41)29-6-2-4-24-5-3-16-32-30(24)29;1-20-19-23(5-12-27(20)31)29(39)37-17-15-36(16-18-37)26-10-8-25(9-11-26)34-30-32-14-13-28(35-30)22-3-6-24(7-4-22)33-21(2)38/h2-17,22H,18-21H2,1H3,(H,34,39)(H,33,35,36);2-17H,18-21H2,1H3,(H,34,39)(H,33,35,36);3-14,19H,15-18H2,1-2H3,(H,33,38)(H,32,34,35). The van der Waals surface area contributed by atoms with Crippen LogP contribution in [0.15, 0.2) is 289 Å². The predicted molar refractivity (Wildman–Crippen MR) is 481 cm³/mol. The minimum Gasteiger partial charge on any atom is -0.369 e. The molecule has 30 heteroatoms. The third kappa shape index (κ3) is 20.9. The molecule has 3 aliphatic heterocycles. The molecule has 3 saturated heterocycles. The van der Waals surface area contributed by atoms with Gasteiger partial charge in [0, 0.05) is 203 Å². The first-order valence-electron chi connectivity index (χ1n) is 40.0. The van der Waals surface area contributed by atoms with E-state index in [0.29, 0.717) is 118 Å². The van der Waals surface area contributed by atoms with Crippen molar-refractivity contribution < 1.29 is 40.4 Å². The van der Waals surface area contributed by atoms with E-state index in [-0.39, 0.29) is 34.3 Å². The second-order valence-electron chi connectivity index (χ2n) is 29.5. The number of aryl methyl sites for hydroxylation is 1. The first-order valence-corrected chi connectivity index (χ1v) is 42.8. The highest BCUT2D eigenvalue weighted by atomic mass is 32.2. The number of pyridine rings is 1. The summed E-state index contributed by atoms with van der Waals surface area (Å²) in [4.78, 5) is 86.9. The first-order chi connectivity index (χ1) is 59.6. The number of carbonyl (C=O) groups is 4. The Bertz CT molecular complexity index is 6370. The van der Waals surface area contributed by atoms with Gasteiger partial charge in [0.05, 0.1) is 27.5 Å². The number of hydrogen-bond donors (Lipinski definition) is 6.